The molecule has 0 spiro atoms. The smallest absolute Gasteiger partial charge is 0.309 e. The first-order valence-electron chi connectivity index (χ1n) is 13.2. The lowest BCUT2D eigenvalue weighted by molar-refractivity contribution is -0.147. The van der Waals surface area contributed by atoms with Crippen molar-refractivity contribution < 1.29 is 36.7 Å². The Kier molecular flexibility index (Phi) is 11.0. The average Bonchev–Trinajstić information content (AvgIpc) is 2.91. The third-order valence-corrected chi connectivity index (χ3v) is 8.53. The number of ketones is 1. The molecule has 3 atom stereocenters. The Labute approximate surface area is 234 Å². The minimum atomic E-state index is -3.97. The Bertz CT molecular complexity index is 1300. The molecule has 4 rings (SSSR count). The number of Topliss-reactive ketones (excluding diaryl/α,β-unsaturated/α-hetero) is 1. The summed E-state index contributed by atoms with van der Waals surface area (Å²) in [6, 6.07) is 10.5. The van der Waals surface area contributed by atoms with Gasteiger partial charge in [-0.3, -0.25) is 14.4 Å². The Morgan fingerprint density at radius 3 is 2.35 bits per heavy atom. The van der Waals surface area contributed by atoms with E-state index in [9.17, 15) is 27.2 Å². The maximum absolute atomic E-state index is 13.6. The third kappa shape index (κ3) is 9.01. The predicted molar refractivity (Wildman–Crippen MR) is 148 cm³/mol. The number of hydrogen-bond acceptors (Lipinski definition) is 7. The molecule has 2 aromatic carbocycles. The normalized spacial score (nSPS) is 21.8. The Hall–Kier alpha value is -3.53. The number of hydrogen-bond donors (Lipinski definition) is 1. The number of rotatable bonds is 6. The summed E-state index contributed by atoms with van der Waals surface area (Å²) in [5.41, 5.74) is 0.708. The number of benzene rings is 2. The number of carbonyl (C=O) groups is 3. The van der Waals surface area contributed by atoms with Gasteiger partial charge in [-0.1, -0.05) is 38.1 Å². The number of nitrogens with one attached hydrogen (secondary N) is 1. The molecule has 1 amide bonds. The first-order valence-corrected chi connectivity index (χ1v) is 14.9. The highest BCUT2D eigenvalue weighted by molar-refractivity contribution is 7.91. The lowest BCUT2D eigenvalue weighted by atomic mass is 9.91. The van der Waals surface area contributed by atoms with Crippen LogP contribution < -0.4 is 10.1 Å². The van der Waals surface area contributed by atoms with E-state index in [0.29, 0.717) is 17.7 Å². The van der Waals surface area contributed by atoms with E-state index >= 15 is 0 Å². The van der Waals surface area contributed by atoms with Gasteiger partial charge in [-0.05, 0) is 67.1 Å². The largest absolute Gasteiger partial charge is 0.490 e. The van der Waals surface area contributed by atoms with Gasteiger partial charge in [0.05, 0.1) is 35.6 Å². The van der Waals surface area contributed by atoms with Crippen molar-refractivity contribution in [1.82, 2.24) is 5.32 Å². The number of allylic oxidation sites excluding steroid dienone is 1. The highest BCUT2D eigenvalue weighted by Crippen LogP contribution is 2.22. The molecule has 0 radical (unpaired) electrons. The number of fused-ring (bicyclic) bond motifs is 13. The molecule has 0 saturated heterocycles. The van der Waals surface area contributed by atoms with Crippen LogP contribution >= 0.6 is 0 Å². The SMILES string of the molecule is COC(=O)[C@@H]1C/C=C\COc2ccc(cc2)C[C@H](CS(=O)(=O)c2ccc(F)cc2)C(=O)N[C@@H](CC(C)C)C(=O)C1. The molecule has 0 fully saturated rings. The molecule has 1 N–H and O–H groups in total. The average molecular weight is 574 g/mol. The summed E-state index contributed by atoms with van der Waals surface area (Å²) in [6.07, 6.45) is 4.02. The van der Waals surface area contributed by atoms with Crippen LogP contribution in [0.25, 0.3) is 0 Å². The standard InChI is InChI=1S/C30H36FNO7S/c1-20(2)16-27-28(33)18-22(30(35)38-3)6-4-5-15-39-25-11-7-21(8-12-25)17-23(29(34)32-27)19-40(36,37)26-13-9-24(31)10-14-26/h4-5,7-14,20,22-23,27H,6,15-19H2,1-3H3,(H,32,34)/b5-4-/t22-,23-,27+/m1/s1. The number of carbonyl (C=O) groups excluding carboxylic acids is 3. The van der Waals surface area contributed by atoms with E-state index in [4.69, 9.17) is 9.47 Å². The van der Waals surface area contributed by atoms with Crippen LogP contribution in [0.5, 0.6) is 5.75 Å². The van der Waals surface area contributed by atoms with Gasteiger partial charge in [-0.2, -0.15) is 0 Å². The molecule has 8 nitrogen and oxygen atoms in total. The molecule has 0 aromatic heterocycles. The number of esters is 1. The van der Waals surface area contributed by atoms with Crippen molar-refractivity contribution in [2.24, 2.45) is 17.8 Å². The molecule has 10 heteroatoms. The van der Waals surface area contributed by atoms with Gasteiger partial charge in [-0.15, -0.1) is 0 Å². The maximum Gasteiger partial charge on any atom is 0.309 e. The van der Waals surface area contributed by atoms with E-state index in [1.165, 1.54) is 19.2 Å². The fraction of sp³-hybridized carbons (Fsp3) is 0.433. The number of methoxy groups -OCH3 is 1. The van der Waals surface area contributed by atoms with Gasteiger partial charge in [0, 0.05) is 6.42 Å². The molecule has 2 bridgehead atoms. The van der Waals surface area contributed by atoms with E-state index in [0.717, 1.165) is 12.1 Å². The number of amides is 1. The summed E-state index contributed by atoms with van der Waals surface area (Å²) >= 11 is 0. The lowest BCUT2D eigenvalue weighted by Crippen LogP contribution is -2.47. The van der Waals surface area contributed by atoms with Crippen LogP contribution in [0.4, 0.5) is 4.39 Å². The molecule has 0 saturated carbocycles. The van der Waals surface area contributed by atoms with Gasteiger partial charge in [0.1, 0.15) is 18.2 Å². The first kappa shape index (κ1) is 31.0. The first-order chi connectivity index (χ1) is 19.0. The van der Waals surface area contributed by atoms with Gasteiger partial charge in [0.15, 0.2) is 15.6 Å². The van der Waals surface area contributed by atoms with Crippen LogP contribution in [0.15, 0.2) is 65.6 Å². The van der Waals surface area contributed by atoms with E-state index in [2.05, 4.69) is 5.32 Å². The second-order valence-electron chi connectivity index (χ2n) is 10.4. The molecule has 2 heterocycles. The molecule has 216 valence electrons. The fourth-order valence-electron chi connectivity index (χ4n) is 4.56. The Morgan fingerprint density at radius 2 is 1.73 bits per heavy atom. The van der Waals surface area contributed by atoms with Gasteiger partial charge in [0.2, 0.25) is 5.91 Å². The van der Waals surface area contributed by atoms with Gasteiger partial charge < -0.3 is 14.8 Å². The quantitative estimate of drug-likeness (QED) is 0.315. The van der Waals surface area contributed by atoms with Crippen molar-refractivity contribution in [3.63, 3.8) is 0 Å². The molecule has 0 aliphatic carbocycles. The van der Waals surface area contributed by atoms with Crippen LogP contribution in [0.2, 0.25) is 0 Å². The zero-order chi connectivity index (χ0) is 29.3. The van der Waals surface area contributed by atoms with Gasteiger partial charge in [0.25, 0.3) is 0 Å². The van der Waals surface area contributed by atoms with E-state index in [1.54, 1.807) is 36.4 Å². The minimum absolute atomic E-state index is 0.0333. The highest BCUT2D eigenvalue weighted by atomic mass is 32.2. The lowest BCUT2D eigenvalue weighted by Gasteiger charge is -2.24. The third-order valence-electron chi connectivity index (χ3n) is 6.70. The van der Waals surface area contributed by atoms with Crippen LogP contribution in [-0.4, -0.2) is 51.6 Å². The van der Waals surface area contributed by atoms with Gasteiger partial charge >= 0.3 is 5.97 Å². The summed E-state index contributed by atoms with van der Waals surface area (Å²) in [4.78, 5) is 39.3. The molecule has 2 aliphatic rings. The Balaban J connectivity index is 1.97. The summed E-state index contributed by atoms with van der Waals surface area (Å²) in [7, 11) is -2.72. The van der Waals surface area contributed by atoms with E-state index < -0.39 is 51.2 Å². The van der Waals surface area contributed by atoms with E-state index in [1.807, 2.05) is 13.8 Å². The van der Waals surface area contributed by atoms with Crippen molar-refractivity contribution in [2.75, 3.05) is 19.5 Å². The molecule has 2 aromatic rings. The van der Waals surface area contributed by atoms with Crippen molar-refractivity contribution in [1.29, 1.82) is 0 Å². The Morgan fingerprint density at radius 1 is 1.05 bits per heavy atom. The summed E-state index contributed by atoms with van der Waals surface area (Å²) in [5, 5.41) is 2.79. The summed E-state index contributed by atoms with van der Waals surface area (Å²) in [5.74, 6) is -3.76. The van der Waals surface area contributed by atoms with Crippen LogP contribution in [0.1, 0.15) is 38.7 Å². The van der Waals surface area contributed by atoms with Crippen molar-refractivity contribution >= 4 is 27.5 Å². The number of sulfone groups is 1. The van der Waals surface area contributed by atoms with E-state index in [-0.39, 0.29) is 42.5 Å². The molecule has 0 unspecified atom stereocenters. The van der Waals surface area contributed by atoms with Crippen molar-refractivity contribution in [3.05, 3.63) is 72.1 Å². The molecular weight excluding hydrogens is 537 g/mol. The predicted octanol–water partition coefficient (Wildman–Crippen LogP) is 4.08. The maximum atomic E-state index is 13.6. The summed E-state index contributed by atoms with van der Waals surface area (Å²) < 4.78 is 50.5. The molecular formula is C30H36FNO7S. The number of ether oxygens (including phenoxy) is 2. The number of halogens is 1. The minimum Gasteiger partial charge on any atom is -0.490 e. The molecule has 2 aliphatic heterocycles. The topological polar surface area (TPSA) is 116 Å². The van der Waals surface area contributed by atoms with Crippen molar-refractivity contribution in [3.8, 4) is 5.75 Å². The monoisotopic (exact) mass is 573 g/mol. The second kappa shape index (κ2) is 14.2. The van der Waals surface area contributed by atoms with Crippen LogP contribution in [0.3, 0.4) is 0 Å². The summed E-state index contributed by atoms with van der Waals surface area (Å²) in [6.45, 7) is 4.05. The fourth-order valence-corrected chi connectivity index (χ4v) is 6.10. The van der Waals surface area contributed by atoms with Crippen LogP contribution in [-0.2, 0) is 35.4 Å². The van der Waals surface area contributed by atoms with Crippen molar-refractivity contribution in [2.45, 2.75) is 50.5 Å². The molecule has 40 heavy (non-hydrogen) atoms. The van der Waals surface area contributed by atoms with Crippen LogP contribution in [0, 0.1) is 23.6 Å². The van der Waals surface area contributed by atoms with Gasteiger partial charge in [-0.25, -0.2) is 12.8 Å². The second-order valence-corrected chi connectivity index (χ2v) is 12.4. The highest BCUT2D eigenvalue weighted by Gasteiger charge is 2.32. The zero-order valence-electron chi connectivity index (χ0n) is 23.0. The zero-order valence-corrected chi connectivity index (χ0v) is 23.8.